The minimum atomic E-state index is -0.233. The quantitative estimate of drug-likeness (QED) is 0.873. The highest BCUT2D eigenvalue weighted by Gasteiger charge is 2.07. The Morgan fingerprint density at radius 1 is 1.16 bits per heavy atom. The molecule has 2 rings (SSSR count). The van der Waals surface area contributed by atoms with Crippen molar-refractivity contribution in [3.63, 3.8) is 0 Å². The van der Waals surface area contributed by atoms with Crippen LogP contribution in [0.3, 0.4) is 0 Å². The number of anilines is 1. The lowest BCUT2D eigenvalue weighted by Gasteiger charge is -2.16. The van der Waals surface area contributed by atoms with Gasteiger partial charge in [-0.3, -0.25) is 0 Å². The molecule has 3 heteroatoms. The second kappa shape index (κ2) is 5.74. The van der Waals surface area contributed by atoms with Crippen LogP contribution in [0, 0.1) is 12.7 Å². The minimum Gasteiger partial charge on any atom is -0.508 e. The zero-order chi connectivity index (χ0) is 13.8. The molecular formula is C16H18FNO. The Bertz CT molecular complexity index is 551. The van der Waals surface area contributed by atoms with E-state index in [1.54, 1.807) is 18.2 Å². The second-order valence-corrected chi connectivity index (χ2v) is 4.90. The number of phenols is 1. The summed E-state index contributed by atoms with van der Waals surface area (Å²) in [5, 5.41) is 12.4. The maximum Gasteiger partial charge on any atom is 0.146 e. The van der Waals surface area contributed by atoms with Crippen molar-refractivity contribution in [2.75, 3.05) is 5.32 Å². The third kappa shape index (κ3) is 3.71. The lowest BCUT2D eigenvalue weighted by atomic mass is 10.1. The molecule has 1 atom stereocenters. The first-order valence-corrected chi connectivity index (χ1v) is 6.35. The van der Waals surface area contributed by atoms with Gasteiger partial charge in [-0.05, 0) is 55.7 Å². The first kappa shape index (κ1) is 13.4. The van der Waals surface area contributed by atoms with E-state index in [4.69, 9.17) is 0 Å². The van der Waals surface area contributed by atoms with Crippen molar-refractivity contribution in [2.24, 2.45) is 0 Å². The highest BCUT2D eigenvalue weighted by molar-refractivity contribution is 5.48. The van der Waals surface area contributed by atoms with Crippen LogP contribution in [0.1, 0.15) is 18.1 Å². The molecule has 0 bridgehead atoms. The molecule has 2 aromatic rings. The van der Waals surface area contributed by atoms with Crippen LogP contribution in [0.25, 0.3) is 0 Å². The number of aromatic hydroxyl groups is 1. The van der Waals surface area contributed by atoms with Gasteiger partial charge in [-0.25, -0.2) is 4.39 Å². The number of nitrogens with one attached hydrogen (secondary N) is 1. The minimum absolute atomic E-state index is 0.112. The average Bonchev–Trinajstić information content (AvgIpc) is 2.37. The van der Waals surface area contributed by atoms with Crippen LogP contribution in [0.2, 0.25) is 0 Å². The summed E-state index contributed by atoms with van der Waals surface area (Å²) in [6, 6.07) is 12.2. The van der Waals surface area contributed by atoms with Gasteiger partial charge in [0, 0.05) is 6.04 Å². The van der Waals surface area contributed by atoms with Crippen molar-refractivity contribution in [1.29, 1.82) is 0 Å². The maximum atomic E-state index is 13.6. The summed E-state index contributed by atoms with van der Waals surface area (Å²) in [5.41, 5.74) is 2.66. The summed E-state index contributed by atoms with van der Waals surface area (Å²) in [6.07, 6.45) is 0.771. The number of aryl methyl sites for hydroxylation is 1. The maximum absolute atomic E-state index is 13.6. The first-order chi connectivity index (χ1) is 9.04. The van der Waals surface area contributed by atoms with Gasteiger partial charge >= 0.3 is 0 Å². The predicted octanol–water partition coefficient (Wildman–Crippen LogP) is 3.88. The zero-order valence-corrected chi connectivity index (χ0v) is 11.2. The standard InChI is InChI=1S/C16H18FNO/c1-11-3-8-15(17)16(9-11)18-12(2)10-13-4-6-14(19)7-5-13/h3-9,12,18-19H,10H2,1-2H3. The molecule has 0 radical (unpaired) electrons. The van der Waals surface area contributed by atoms with Crippen molar-refractivity contribution in [3.05, 3.63) is 59.4 Å². The van der Waals surface area contributed by atoms with E-state index in [1.807, 2.05) is 32.0 Å². The van der Waals surface area contributed by atoms with E-state index in [9.17, 15) is 9.50 Å². The third-order valence-electron chi connectivity index (χ3n) is 3.00. The lowest BCUT2D eigenvalue weighted by Crippen LogP contribution is -2.18. The molecule has 0 saturated carbocycles. The van der Waals surface area contributed by atoms with E-state index < -0.39 is 0 Å². The lowest BCUT2D eigenvalue weighted by molar-refractivity contribution is 0.475. The summed E-state index contributed by atoms with van der Waals surface area (Å²) in [7, 11) is 0. The number of rotatable bonds is 4. The summed E-state index contributed by atoms with van der Waals surface area (Å²) in [4.78, 5) is 0. The number of hydrogen-bond donors (Lipinski definition) is 2. The van der Waals surface area contributed by atoms with Crippen LogP contribution in [0.4, 0.5) is 10.1 Å². The Balaban J connectivity index is 2.02. The van der Waals surface area contributed by atoms with E-state index in [0.29, 0.717) is 5.69 Å². The highest BCUT2D eigenvalue weighted by Crippen LogP contribution is 2.18. The fraction of sp³-hybridized carbons (Fsp3) is 0.250. The number of hydrogen-bond acceptors (Lipinski definition) is 2. The van der Waals surface area contributed by atoms with Gasteiger partial charge < -0.3 is 10.4 Å². The van der Waals surface area contributed by atoms with Crippen molar-refractivity contribution < 1.29 is 9.50 Å². The smallest absolute Gasteiger partial charge is 0.146 e. The van der Waals surface area contributed by atoms with Crippen molar-refractivity contribution >= 4 is 5.69 Å². The largest absolute Gasteiger partial charge is 0.508 e. The molecule has 0 heterocycles. The molecular weight excluding hydrogens is 241 g/mol. The van der Waals surface area contributed by atoms with Crippen LogP contribution in [-0.4, -0.2) is 11.1 Å². The molecule has 2 nitrogen and oxygen atoms in total. The Labute approximate surface area is 112 Å². The predicted molar refractivity (Wildman–Crippen MR) is 76.0 cm³/mol. The molecule has 0 aliphatic carbocycles. The number of benzene rings is 2. The van der Waals surface area contributed by atoms with Crippen LogP contribution < -0.4 is 5.32 Å². The van der Waals surface area contributed by atoms with E-state index in [0.717, 1.165) is 17.5 Å². The molecule has 2 aromatic carbocycles. The summed E-state index contributed by atoms with van der Waals surface area (Å²) in [5.74, 6) is 0.0252. The van der Waals surface area contributed by atoms with Gasteiger partial charge in [-0.1, -0.05) is 18.2 Å². The highest BCUT2D eigenvalue weighted by atomic mass is 19.1. The molecule has 0 spiro atoms. The fourth-order valence-electron chi connectivity index (χ4n) is 2.05. The molecule has 0 aromatic heterocycles. The normalized spacial score (nSPS) is 12.2. The average molecular weight is 259 g/mol. The van der Waals surface area contributed by atoms with Crippen molar-refractivity contribution in [3.8, 4) is 5.75 Å². The summed E-state index contributed by atoms with van der Waals surface area (Å²) >= 11 is 0. The van der Waals surface area contributed by atoms with E-state index in [1.165, 1.54) is 6.07 Å². The van der Waals surface area contributed by atoms with Gasteiger partial charge in [0.2, 0.25) is 0 Å². The molecule has 2 N–H and O–H groups in total. The Hall–Kier alpha value is -2.03. The summed E-state index contributed by atoms with van der Waals surface area (Å²) < 4.78 is 13.6. The molecule has 0 aliphatic heterocycles. The topological polar surface area (TPSA) is 32.3 Å². The van der Waals surface area contributed by atoms with Gasteiger partial charge in [0.15, 0.2) is 0 Å². The van der Waals surface area contributed by atoms with Gasteiger partial charge in [-0.2, -0.15) is 0 Å². The molecule has 100 valence electrons. The zero-order valence-electron chi connectivity index (χ0n) is 11.2. The Kier molecular flexibility index (Phi) is 4.05. The third-order valence-corrected chi connectivity index (χ3v) is 3.00. The molecule has 0 fully saturated rings. The Morgan fingerprint density at radius 3 is 2.53 bits per heavy atom. The number of halogens is 1. The van der Waals surface area contributed by atoms with Crippen LogP contribution >= 0.6 is 0 Å². The first-order valence-electron chi connectivity index (χ1n) is 6.35. The molecule has 0 amide bonds. The van der Waals surface area contributed by atoms with E-state index in [2.05, 4.69) is 5.32 Å². The van der Waals surface area contributed by atoms with Gasteiger partial charge in [0.25, 0.3) is 0 Å². The van der Waals surface area contributed by atoms with Crippen LogP contribution in [-0.2, 0) is 6.42 Å². The van der Waals surface area contributed by atoms with Crippen LogP contribution in [0.15, 0.2) is 42.5 Å². The van der Waals surface area contributed by atoms with Crippen LogP contribution in [0.5, 0.6) is 5.75 Å². The van der Waals surface area contributed by atoms with E-state index >= 15 is 0 Å². The SMILES string of the molecule is Cc1ccc(F)c(NC(C)Cc2ccc(O)cc2)c1. The van der Waals surface area contributed by atoms with Crippen molar-refractivity contribution in [2.45, 2.75) is 26.3 Å². The second-order valence-electron chi connectivity index (χ2n) is 4.90. The van der Waals surface area contributed by atoms with Gasteiger partial charge in [0.1, 0.15) is 11.6 Å². The fourth-order valence-corrected chi connectivity index (χ4v) is 2.05. The molecule has 19 heavy (non-hydrogen) atoms. The monoisotopic (exact) mass is 259 g/mol. The molecule has 0 aliphatic rings. The van der Waals surface area contributed by atoms with Gasteiger partial charge in [-0.15, -0.1) is 0 Å². The number of phenolic OH excluding ortho intramolecular Hbond substituents is 1. The Morgan fingerprint density at radius 2 is 1.84 bits per heavy atom. The summed E-state index contributed by atoms with van der Waals surface area (Å²) in [6.45, 7) is 3.95. The van der Waals surface area contributed by atoms with Gasteiger partial charge in [0.05, 0.1) is 5.69 Å². The van der Waals surface area contributed by atoms with Crippen molar-refractivity contribution in [1.82, 2.24) is 0 Å². The van der Waals surface area contributed by atoms with E-state index in [-0.39, 0.29) is 17.6 Å². The molecule has 0 saturated heterocycles. The molecule has 1 unspecified atom stereocenters.